The van der Waals surface area contributed by atoms with E-state index in [1.165, 1.54) is 10.9 Å². The first kappa shape index (κ1) is 25.1. The third-order valence-electron chi connectivity index (χ3n) is 4.92. The zero-order chi connectivity index (χ0) is 24.8. The summed E-state index contributed by atoms with van der Waals surface area (Å²) < 4.78 is 43.4. The zero-order valence-corrected chi connectivity index (χ0v) is 18.6. The number of aromatic nitrogens is 4. The van der Waals surface area contributed by atoms with E-state index in [1.807, 2.05) is 0 Å². The van der Waals surface area contributed by atoms with Gasteiger partial charge in [0.15, 0.2) is 29.6 Å². The molecule has 4 rings (SSSR count). The molecule has 8 atom stereocenters. The zero-order valence-electron chi connectivity index (χ0n) is 16.8. The summed E-state index contributed by atoms with van der Waals surface area (Å²) in [6.45, 7) is -0.945. The van der Waals surface area contributed by atoms with E-state index in [4.69, 9.17) is 10.5 Å². The van der Waals surface area contributed by atoms with E-state index in [0.29, 0.717) is 0 Å². The predicted molar refractivity (Wildman–Crippen MR) is 101 cm³/mol. The van der Waals surface area contributed by atoms with Crippen molar-refractivity contribution in [2.75, 3.05) is 12.3 Å². The minimum absolute atomic E-state index is 0.0547. The standard InChI is InChI=1S/C14H20N6O12P2/c15-11-7-12(18-3-17-11)20(4-19-7)14-10(24)9(23)6(30-14)2-29-33(25,26)32-34(27,28)31-13-8(22)5(21)1-16-13/h1,3-4,6,8-10,13-14,16,21-24H,2H2,(H,25,26)(H,27,28)(H2,15,17,18)/p-1. The first-order chi connectivity index (χ1) is 15.9. The number of hydrogen-bond donors (Lipinski definition) is 6. The van der Waals surface area contributed by atoms with Crippen LogP contribution >= 0.6 is 15.6 Å². The molecule has 0 aliphatic carbocycles. The fourth-order valence-corrected chi connectivity index (χ4v) is 5.43. The van der Waals surface area contributed by atoms with Crippen LogP contribution in [0.4, 0.5) is 5.82 Å². The van der Waals surface area contributed by atoms with E-state index in [-0.39, 0.29) is 17.0 Å². The summed E-state index contributed by atoms with van der Waals surface area (Å²) in [6.07, 6.45) is -5.98. The molecule has 8 N–H and O–H groups in total. The lowest BCUT2D eigenvalue weighted by Gasteiger charge is -2.32. The topological polar surface area (TPSA) is 284 Å². The average Bonchev–Trinajstić information content (AvgIpc) is 3.39. The maximum absolute atomic E-state index is 12.0. The third-order valence-corrected chi connectivity index (χ3v) is 7.48. The summed E-state index contributed by atoms with van der Waals surface area (Å²) in [5.41, 5.74) is 6.06. The van der Waals surface area contributed by atoms with Crippen molar-refractivity contribution in [1.29, 1.82) is 0 Å². The van der Waals surface area contributed by atoms with Crippen LogP contribution in [-0.4, -0.2) is 77.2 Å². The Morgan fingerprint density at radius 3 is 2.59 bits per heavy atom. The minimum atomic E-state index is -5.58. The third kappa shape index (κ3) is 4.99. The van der Waals surface area contributed by atoms with Crippen molar-refractivity contribution in [2.45, 2.75) is 36.9 Å². The number of quaternary nitrogens is 1. The van der Waals surface area contributed by atoms with E-state index in [0.717, 1.165) is 17.8 Å². The Labute approximate surface area is 189 Å². The summed E-state index contributed by atoms with van der Waals surface area (Å²) in [4.78, 5) is 35.6. The Hall–Kier alpha value is -2.05. The summed E-state index contributed by atoms with van der Waals surface area (Å²) in [5.74, 6) is -0.536. The van der Waals surface area contributed by atoms with Crippen molar-refractivity contribution in [3.8, 4) is 0 Å². The van der Waals surface area contributed by atoms with Crippen LogP contribution in [0.15, 0.2) is 24.6 Å². The van der Waals surface area contributed by atoms with Gasteiger partial charge in [0.1, 0.15) is 36.4 Å². The lowest BCUT2D eigenvalue weighted by atomic mass is 10.1. The summed E-state index contributed by atoms with van der Waals surface area (Å²) >= 11 is 0. The number of fused-ring (bicyclic) bond motifs is 1. The Morgan fingerprint density at radius 2 is 1.91 bits per heavy atom. The molecule has 1 saturated heterocycles. The van der Waals surface area contributed by atoms with E-state index >= 15 is 0 Å². The number of hydrogen-bond acceptors (Lipinski definition) is 16. The van der Waals surface area contributed by atoms with E-state index in [9.17, 15) is 39.3 Å². The van der Waals surface area contributed by atoms with Crippen LogP contribution in [-0.2, 0) is 27.2 Å². The molecule has 0 bridgehead atoms. The molecule has 2 aromatic rings. The number of phosphoric acid groups is 2. The molecule has 2 aliphatic heterocycles. The van der Waals surface area contributed by atoms with Crippen molar-refractivity contribution < 1.29 is 62.8 Å². The Bertz CT molecular complexity index is 1190. The first-order valence-electron chi connectivity index (χ1n) is 9.41. The van der Waals surface area contributed by atoms with Crippen LogP contribution in [0.2, 0.25) is 0 Å². The normalized spacial score (nSPS) is 33.0. The number of aliphatic hydroxyl groups excluding tert-OH is 4. The van der Waals surface area contributed by atoms with Gasteiger partial charge in [-0.15, -0.1) is 0 Å². The van der Waals surface area contributed by atoms with Gasteiger partial charge in [0.05, 0.1) is 12.9 Å². The van der Waals surface area contributed by atoms with Gasteiger partial charge >= 0.3 is 0 Å². The lowest BCUT2D eigenvalue weighted by Crippen LogP contribution is -2.85. The van der Waals surface area contributed by atoms with Gasteiger partial charge < -0.3 is 45.2 Å². The molecule has 20 heteroatoms. The highest BCUT2D eigenvalue weighted by molar-refractivity contribution is 7.59. The highest BCUT2D eigenvalue weighted by atomic mass is 31.3. The number of aliphatic hydroxyl groups is 4. The van der Waals surface area contributed by atoms with E-state index in [1.54, 1.807) is 0 Å². The SMILES string of the molecule is Nc1ncnc2c1ncn2C1OC(COP(=O)([O-])OP(=O)([O-])OC2[NH2+]C=C(O)C2O)C(O)C1O. The maximum atomic E-state index is 12.0. The molecule has 8 unspecified atom stereocenters. The second-order valence-corrected chi connectivity index (χ2v) is 10.1. The number of anilines is 1. The number of nitrogens with two attached hydrogens (primary N) is 2. The molecule has 18 nitrogen and oxygen atoms in total. The molecule has 0 aromatic carbocycles. The number of nitrogen functional groups attached to an aromatic ring is 1. The van der Waals surface area contributed by atoms with Gasteiger partial charge in [-0.1, -0.05) is 0 Å². The van der Waals surface area contributed by atoms with Crippen molar-refractivity contribution in [2.24, 2.45) is 0 Å². The molecule has 2 aromatic heterocycles. The van der Waals surface area contributed by atoms with Crippen molar-refractivity contribution in [1.82, 2.24) is 19.5 Å². The molecule has 0 saturated carbocycles. The summed E-state index contributed by atoms with van der Waals surface area (Å²) in [6, 6.07) is 0. The average molecular weight is 525 g/mol. The molecular weight excluding hydrogens is 506 g/mol. The quantitative estimate of drug-likeness (QED) is 0.178. The Kier molecular flexibility index (Phi) is 6.78. The minimum Gasteiger partial charge on any atom is -0.756 e. The lowest BCUT2D eigenvalue weighted by molar-refractivity contribution is -0.660. The van der Waals surface area contributed by atoms with E-state index in [2.05, 4.69) is 28.3 Å². The predicted octanol–water partition coefficient (Wildman–Crippen LogP) is -4.32. The van der Waals surface area contributed by atoms with Gasteiger partial charge in [0, 0.05) is 0 Å². The van der Waals surface area contributed by atoms with Gasteiger partial charge in [-0.25, -0.2) is 19.3 Å². The summed E-state index contributed by atoms with van der Waals surface area (Å²) in [7, 11) is -11.2. The second-order valence-electron chi connectivity index (χ2n) is 7.20. The molecule has 34 heavy (non-hydrogen) atoms. The van der Waals surface area contributed by atoms with Crippen molar-refractivity contribution >= 4 is 32.6 Å². The molecule has 1 fully saturated rings. The van der Waals surface area contributed by atoms with Crippen LogP contribution in [0.1, 0.15) is 6.23 Å². The van der Waals surface area contributed by atoms with Crippen LogP contribution in [0.25, 0.3) is 11.2 Å². The molecule has 0 radical (unpaired) electrons. The molecule has 188 valence electrons. The number of ether oxygens (including phenoxy) is 1. The van der Waals surface area contributed by atoms with Gasteiger partial charge in [-0.2, -0.15) is 0 Å². The molecule has 2 aliphatic rings. The number of rotatable bonds is 8. The van der Waals surface area contributed by atoms with Gasteiger partial charge in [-0.05, 0) is 0 Å². The van der Waals surface area contributed by atoms with Gasteiger partial charge in [-0.3, -0.25) is 23.5 Å². The Morgan fingerprint density at radius 1 is 1.18 bits per heavy atom. The van der Waals surface area contributed by atoms with E-state index < -0.39 is 64.9 Å². The monoisotopic (exact) mass is 525 g/mol. The van der Waals surface area contributed by atoms with Crippen molar-refractivity contribution in [3.05, 3.63) is 24.6 Å². The number of nitrogens with zero attached hydrogens (tertiary/aromatic N) is 4. The van der Waals surface area contributed by atoms with Crippen LogP contribution in [0.5, 0.6) is 0 Å². The van der Waals surface area contributed by atoms with Crippen LogP contribution in [0, 0.1) is 0 Å². The fraction of sp³-hybridized carbons (Fsp3) is 0.500. The number of phosphoric ester groups is 2. The van der Waals surface area contributed by atoms with Gasteiger partial charge in [0.25, 0.3) is 15.6 Å². The highest BCUT2D eigenvalue weighted by Crippen LogP contribution is 2.56. The van der Waals surface area contributed by atoms with Crippen LogP contribution in [0.3, 0.4) is 0 Å². The van der Waals surface area contributed by atoms with Crippen LogP contribution < -0.4 is 20.8 Å². The summed E-state index contributed by atoms with van der Waals surface area (Å²) in [5, 5.41) is 40.4. The highest BCUT2D eigenvalue weighted by Gasteiger charge is 2.45. The fourth-order valence-electron chi connectivity index (χ4n) is 3.29. The van der Waals surface area contributed by atoms with Gasteiger partial charge in [0.2, 0.25) is 6.23 Å². The first-order valence-corrected chi connectivity index (χ1v) is 12.3. The smallest absolute Gasteiger partial charge is 0.279 e. The second kappa shape index (κ2) is 9.19. The van der Waals surface area contributed by atoms with Crippen molar-refractivity contribution in [3.63, 3.8) is 0 Å². The molecule has 0 spiro atoms. The largest absolute Gasteiger partial charge is 0.756 e. The molecule has 4 heterocycles. The molecule has 0 amide bonds. The Balaban J connectivity index is 1.38. The number of imidazole rings is 1. The maximum Gasteiger partial charge on any atom is 0.279 e. The molecular formula is C14H19N6O12P2-.